The van der Waals surface area contributed by atoms with Crippen molar-refractivity contribution in [3.63, 3.8) is 0 Å². The number of urea groups is 1. The maximum absolute atomic E-state index is 12.7. The highest BCUT2D eigenvalue weighted by atomic mass is 32.1. The first kappa shape index (κ1) is 22.3. The molecule has 0 aliphatic carbocycles. The minimum atomic E-state index is -2.99. The van der Waals surface area contributed by atoms with Crippen molar-refractivity contribution in [2.45, 2.75) is 12.7 Å². The van der Waals surface area contributed by atoms with Crippen LogP contribution in [0, 0.1) is 0 Å². The van der Waals surface area contributed by atoms with E-state index in [9.17, 15) is 13.6 Å². The normalized spacial score (nSPS) is 15.6. The minimum Gasteiger partial charge on any atom is -0.493 e. The molecule has 0 saturated carbocycles. The number of ether oxygens (including phenoxy) is 3. The fourth-order valence-electron chi connectivity index (χ4n) is 3.26. The van der Waals surface area contributed by atoms with Crippen molar-refractivity contribution in [2.75, 3.05) is 52.3 Å². The molecule has 164 valence electrons. The highest BCUT2D eigenvalue weighted by Crippen LogP contribution is 2.32. The lowest BCUT2D eigenvalue weighted by molar-refractivity contribution is -0.0511. The van der Waals surface area contributed by atoms with Crippen molar-refractivity contribution in [3.8, 4) is 11.5 Å². The van der Waals surface area contributed by atoms with Crippen LogP contribution in [0.15, 0.2) is 35.7 Å². The van der Waals surface area contributed by atoms with Crippen molar-refractivity contribution >= 4 is 23.1 Å². The SMILES string of the molecule is COc1ccc(NC(=O)N(C)C[C@H](c2cccs2)N2CCOCC2)cc1OC(F)F. The molecule has 2 heterocycles. The van der Waals surface area contributed by atoms with E-state index in [2.05, 4.69) is 21.0 Å². The Kier molecular flexibility index (Phi) is 7.83. The van der Waals surface area contributed by atoms with Gasteiger partial charge in [0.25, 0.3) is 0 Å². The van der Waals surface area contributed by atoms with Crippen molar-refractivity contribution < 1.29 is 27.8 Å². The Morgan fingerprint density at radius 3 is 2.70 bits per heavy atom. The van der Waals surface area contributed by atoms with E-state index in [1.807, 2.05) is 11.4 Å². The summed E-state index contributed by atoms with van der Waals surface area (Å²) in [7, 11) is 3.06. The smallest absolute Gasteiger partial charge is 0.387 e. The minimum absolute atomic E-state index is 0.0539. The summed E-state index contributed by atoms with van der Waals surface area (Å²) in [6, 6.07) is 8.12. The zero-order valence-corrected chi connectivity index (χ0v) is 17.7. The molecule has 0 unspecified atom stereocenters. The van der Waals surface area contributed by atoms with Crippen LogP contribution in [0.1, 0.15) is 10.9 Å². The first-order chi connectivity index (χ1) is 14.5. The summed E-state index contributed by atoms with van der Waals surface area (Å²) < 4.78 is 40.2. The molecule has 0 radical (unpaired) electrons. The molecule has 1 atom stereocenters. The molecule has 0 spiro atoms. The number of carbonyl (C=O) groups excluding carboxylic acids is 1. The highest BCUT2D eigenvalue weighted by Gasteiger charge is 2.26. The van der Waals surface area contributed by atoms with Gasteiger partial charge in [-0.1, -0.05) is 6.07 Å². The van der Waals surface area contributed by atoms with Crippen LogP contribution in [0.25, 0.3) is 0 Å². The first-order valence-electron chi connectivity index (χ1n) is 9.48. The number of hydrogen-bond acceptors (Lipinski definition) is 6. The molecule has 0 bridgehead atoms. The van der Waals surface area contributed by atoms with Crippen LogP contribution >= 0.6 is 11.3 Å². The number of anilines is 1. The first-order valence-corrected chi connectivity index (χ1v) is 10.4. The summed E-state index contributed by atoms with van der Waals surface area (Å²) in [4.78, 5) is 17.8. The fourth-order valence-corrected chi connectivity index (χ4v) is 4.11. The number of carbonyl (C=O) groups is 1. The van der Waals surface area contributed by atoms with Crippen LogP contribution in [0.2, 0.25) is 0 Å². The molecule has 10 heteroatoms. The Morgan fingerprint density at radius 2 is 2.07 bits per heavy atom. The Hall–Kier alpha value is -2.43. The van der Waals surface area contributed by atoms with E-state index in [4.69, 9.17) is 9.47 Å². The van der Waals surface area contributed by atoms with Gasteiger partial charge in [-0.25, -0.2) is 4.79 Å². The summed E-state index contributed by atoms with van der Waals surface area (Å²) in [6.45, 7) is 0.402. The molecule has 2 aromatic rings. The van der Waals surface area contributed by atoms with E-state index in [1.54, 1.807) is 29.4 Å². The van der Waals surface area contributed by atoms with E-state index in [-0.39, 0.29) is 23.6 Å². The number of benzene rings is 1. The summed E-state index contributed by atoms with van der Waals surface area (Å²) >= 11 is 1.65. The lowest BCUT2D eigenvalue weighted by Gasteiger charge is -2.36. The molecule has 1 saturated heterocycles. The summed E-state index contributed by atoms with van der Waals surface area (Å²) in [6.07, 6.45) is 0. The highest BCUT2D eigenvalue weighted by molar-refractivity contribution is 7.10. The molecule has 2 amide bonds. The third-order valence-electron chi connectivity index (χ3n) is 4.78. The number of halogens is 2. The van der Waals surface area contributed by atoms with Gasteiger partial charge in [0, 0.05) is 43.3 Å². The topological polar surface area (TPSA) is 63.3 Å². The van der Waals surface area contributed by atoms with Crippen LogP contribution in [0.3, 0.4) is 0 Å². The molecule has 1 aromatic heterocycles. The van der Waals surface area contributed by atoms with Crippen molar-refractivity contribution in [2.24, 2.45) is 0 Å². The molecular weight excluding hydrogens is 416 g/mol. The monoisotopic (exact) mass is 441 g/mol. The van der Waals surface area contributed by atoms with E-state index in [0.29, 0.717) is 25.4 Å². The average Bonchev–Trinajstić information content (AvgIpc) is 3.26. The van der Waals surface area contributed by atoms with Gasteiger partial charge in [0.2, 0.25) is 0 Å². The predicted octanol–water partition coefficient (Wildman–Crippen LogP) is 3.90. The van der Waals surface area contributed by atoms with Crippen LogP contribution < -0.4 is 14.8 Å². The van der Waals surface area contributed by atoms with Gasteiger partial charge >= 0.3 is 12.6 Å². The van der Waals surface area contributed by atoms with E-state index in [0.717, 1.165) is 13.1 Å². The van der Waals surface area contributed by atoms with Gasteiger partial charge in [-0.05, 0) is 23.6 Å². The Morgan fingerprint density at radius 1 is 1.30 bits per heavy atom. The molecule has 1 aromatic carbocycles. The lowest BCUT2D eigenvalue weighted by Crippen LogP contribution is -2.44. The number of alkyl halides is 2. The number of hydrogen-bond donors (Lipinski definition) is 1. The third-order valence-corrected chi connectivity index (χ3v) is 5.76. The number of methoxy groups -OCH3 is 1. The second-order valence-corrected chi connectivity index (χ2v) is 7.71. The van der Waals surface area contributed by atoms with Gasteiger partial charge in [0.05, 0.1) is 26.4 Å². The number of nitrogens with zero attached hydrogens (tertiary/aromatic N) is 2. The maximum Gasteiger partial charge on any atom is 0.387 e. The zero-order valence-electron chi connectivity index (χ0n) is 16.8. The van der Waals surface area contributed by atoms with Gasteiger partial charge < -0.3 is 24.4 Å². The Bertz CT molecular complexity index is 816. The van der Waals surface area contributed by atoms with E-state index < -0.39 is 6.61 Å². The molecular formula is C20H25F2N3O4S. The van der Waals surface area contributed by atoms with Crippen molar-refractivity contribution in [1.82, 2.24) is 9.80 Å². The lowest BCUT2D eigenvalue weighted by atomic mass is 10.1. The standard InChI is InChI=1S/C20H25F2N3O4S/c1-24(13-15(18-4-3-11-30-18)25-7-9-28-10-8-25)20(26)23-14-5-6-16(27-2)17(12-14)29-19(21)22/h3-6,11-12,15,19H,7-10,13H2,1-2H3,(H,23,26)/t15-/m1/s1. The number of amides is 2. The molecule has 1 aliphatic rings. The molecule has 7 nitrogen and oxygen atoms in total. The van der Waals surface area contributed by atoms with Crippen molar-refractivity contribution in [1.29, 1.82) is 0 Å². The summed E-state index contributed by atoms with van der Waals surface area (Å²) in [5.41, 5.74) is 0.336. The molecule has 3 rings (SSSR count). The van der Waals surface area contributed by atoms with Gasteiger partial charge in [-0.2, -0.15) is 8.78 Å². The maximum atomic E-state index is 12.7. The second-order valence-electron chi connectivity index (χ2n) is 6.73. The number of rotatable bonds is 8. The van der Waals surface area contributed by atoms with E-state index >= 15 is 0 Å². The number of likely N-dealkylation sites (N-methyl/N-ethyl adjacent to an activating group) is 1. The quantitative estimate of drug-likeness (QED) is 0.673. The van der Waals surface area contributed by atoms with Gasteiger partial charge in [0.1, 0.15) is 0 Å². The molecule has 1 aliphatic heterocycles. The van der Waals surface area contributed by atoms with Gasteiger partial charge in [-0.15, -0.1) is 11.3 Å². The Balaban J connectivity index is 1.68. The van der Waals surface area contributed by atoms with E-state index in [1.165, 1.54) is 24.1 Å². The molecule has 1 fully saturated rings. The van der Waals surface area contributed by atoms with Crippen molar-refractivity contribution in [3.05, 3.63) is 40.6 Å². The number of morpholine rings is 1. The number of nitrogens with one attached hydrogen (secondary N) is 1. The Labute approximate surface area is 178 Å². The van der Waals surface area contributed by atoms with Crippen LogP contribution in [0.4, 0.5) is 19.3 Å². The zero-order chi connectivity index (χ0) is 21.5. The predicted molar refractivity (Wildman–Crippen MR) is 111 cm³/mol. The summed E-state index contributed by atoms with van der Waals surface area (Å²) in [5, 5.41) is 4.75. The fraction of sp³-hybridized carbons (Fsp3) is 0.450. The van der Waals surface area contributed by atoms with Gasteiger partial charge in [0.15, 0.2) is 11.5 Å². The van der Waals surface area contributed by atoms with Crippen LogP contribution in [-0.2, 0) is 4.74 Å². The largest absolute Gasteiger partial charge is 0.493 e. The van der Waals surface area contributed by atoms with Crippen LogP contribution in [0.5, 0.6) is 11.5 Å². The third kappa shape index (κ3) is 5.80. The second kappa shape index (κ2) is 10.6. The molecule has 30 heavy (non-hydrogen) atoms. The molecule has 1 N–H and O–H groups in total. The number of thiophene rings is 1. The summed E-state index contributed by atoms with van der Waals surface area (Å²) in [5.74, 6) is 0.0180. The average molecular weight is 442 g/mol. The van der Waals surface area contributed by atoms with Crippen LogP contribution in [-0.4, -0.2) is 69.4 Å². The van der Waals surface area contributed by atoms with Gasteiger partial charge in [-0.3, -0.25) is 4.90 Å².